The number of benzene rings is 3. The van der Waals surface area contributed by atoms with Crippen molar-refractivity contribution in [2.24, 2.45) is 5.73 Å². The molecule has 0 aliphatic rings. The first-order chi connectivity index (χ1) is 19.9. The summed E-state index contributed by atoms with van der Waals surface area (Å²) in [5.74, 6) is -3.53. The molecule has 6 N–H and O–H groups in total. The van der Waals surface area contributed by atoms with Crippen LogP contribution in [0.2, 0.25) is 0 Å². The summed E-state index contributed by atoms with van der Waals surface area (Å²) in [6, 6.07) is 14.6. The number of esters is 1. The first kappa shape index (κ1) is 31.3. The number of carbonyl (C=O) groups is 3. The van der Waals surface area contributed by atoms with E-state index in [1.165, 1.54) is 0 Å². The van der Waals surface area contributed by atoms with Crippen molar-refractivity contribution in [2.75, 3.05) is 18.5 Å². The molecule has 0 heterocycles. The standard InChI is InChI=1S/C28H28F3N5O6/c1-3-40-21-14-9-18(15-22(21)41-4-2)23(34-19-10-5-16(6-11-19)24(32)33)26(38)36-35-25(37)17-7-12-20(13-8-17)42-27(39)28(29,30)31/h5-15,23,34H,3-4H2,1-2H3,(H3,32,33)(H,35,37)(H,36,38). The van der Waals surface area contributed by atoms with E-state index in [-0.39, 0.29) is 11.4 Å². The molecule has 2 amide bonds. The zero-order chi connectivity index (χ0) is 30.9. The normalized spacial score (nSPS) is 11.5. The number of halogens is 3. The van der Waals surface area contributed by atoms with Gasteiger partial charge in [-0.2, -0.15) is 13.2 Å². The SMILES string of the molecule is CCOc1ccc(C(Nc2ccc(C(=N)N)cc2)C(=O)NNC(=O)c2ccc(OC(=O)C(F)(F)F)cc2)cc1OCC. The van der Waals surface area contributed by atoms with Crippen LogP contribution in [-0.2, 0) is 9.59 Å². The van der Waals surface area contributed by atoms with Crippen LogP contribution in [0.3, 0.4) is 0 Å². The van der Waals surface area contributed by atoms with Crippen LogP contribution in [0, 0.1) is 5.41 Å². The van der Waals surface area contributed by atoms with Gasteiger partial charge >= 0.3 is 12.1 Å². The van der Waals surface area contributed by atoms with E-state index in [1.54, 1.807) is 49.4 Å². The van der Waals surface area contributed by atoms with Gasteiger partial charge in [0.1, 0.15) is 17.6 Å². The maximum absolute atomic E-state index is 13.3. The molecular formula is C28H28F3N5O6. The van der Waals surface area contributed by atoms with Gasteiger partial charge in [-0.05, 0) is 80.1 Å². The summed E-state index contributed by atoms with van der Waals surface area (Å²) in [7, 11) is 0. The van der Waals surface area contributed by atoms with Crippen molar-refractivity contribution in [3.63, 3.8) is 0 Å². The van der Waals surface area contributed by atoms with Crippen LogP contribution in [0.15, 0.2) is 66.7 Å². The van der Waals surface area contributed by atoms with E-state index < -0.39 is 35.8 Å². The number of carbonyl (C=O) groups excluding carboxylic acids is 3. The van der Waals surface area contributed by atoms with Crippen molar-refractivity contribution in [3.05, 3.63) is 83.4 Å². The third-order valence-electron chi connectivity index (χ3n) is 5.53. The number of amides is 2. The Balaban J connectivity index is 1.79. The first-order valence-electron chi connectivity index (χ1n) is 12.5. The van der Waals surface area contributed by atoms with Gasteiger partial charge in [-0.25, -0.2) is 4.79 Å². The summed E-state index contributed by atoms with van der Waals surface area (Å²) in [5, 5.41) is 10.6. The van der Waals surface area contributed by atoms with Crippen molar-refractivity contribution in [1.29, 1.82) is 5.41 Å². The van der Waals surface area contributed by atoms with Crippen LogP contribution in [0.4, 0.5) is 18.9 Å². The minimum absolute atomic E-state index is 0.0360. The molecule has 0 aliphatic carbocycles. The maximum Gasteiger partial charge on any atom is 0.491 e. The van der Waals surface area contributed by atoms with Crippen molar-refractivity contribution in [3.8, 4) is 17.2 Å². The second kappa shape index (κ2) is 13.9. The summed E-state index contributed by atoms with van der Waals surface area (Å²) in [5.41, 5.74) is 11.5. The van der Waals surface area contributed by atoms with Crippen LogP contribution >= 0.6 is 0 Å². The van der Waals surface area contributed by atoms with Crippen molar-refractivity contribution < 1.29 is 41.8 Å². The van der Waals surface area contributed by atoms with E-state index in [4.69, 9.17) is 20.6 Å². The Morgan fingerprint density at radius 2 is 1.45 bits per heavy atom. The summed E-state index contributed by atoms with van der Waals surface area (Å²) < 4.78 is 52.7. The number of hydrogen-bond acceptors (Lipinski definition) is 8. The Morgan fingerprint density at radius 1 is 0.857 bits per heavy atom. The highest BCUT2D eigenvalue weighted by molar-refractivity contribution is 5.97. The second-order valence-corrected chi connectivity index (χ2v) is 8.50. The van der Waals surface area contributed by atoms with Gasteiger partial charge in [-0.3, -0.25) is 25.8 Å². The molecule has 3 rings (SSSR count). The number of amidine groups is 1. The van der Waals surface area contributed by atoms with Gasteiger partial charge in [0.05, 0.1) is 13.2 Å². The average molecular weight is 588 g/mol. The number of ether oxygens (including phenoxy) is 3. The zero-order valence-electron chi connectivity index (χ0n) is 22.5. The minimum Gasteiger partial charge on any atom is -0.490 e. The molecule has 0 saturated carbocycles. The zero-order valence-corrected chi connectivity index (χ0v) is 22.5. The van der Waals surface area contributed by atoms with Crippen LogP contribution < -0.4 is 36.1 Å². The summed E-state index contributed by atoms with van der Waals surface area (Å²) in [6.07, 6.45) is -5.17. The monoisotopic (exact) mass is 587 g/mol. The molecule has 1 atom stereocenters. The molecule has 0 bridgehead atoms. The Kier molecular flexibility index (Phi) is 10.3. The summed E-state index contributed by atoms with van der Waals surface area (Å²) >= 11 is 0. The molecule has 222 valence electrons. The fourth-order valence-corrected chi connectivity index (χ4v) is 3.56. The molecule has 3 aromatic carbocycles. The van der Waals surface area contributed by atoms with Gasteiger partial charge in [0, 0.05) is 16.8 Å². The number of anilines is 1. The van der Waals surface area contributed by atoms with E-state index in [9.17, 15) is 27.6 Å². The highest BCUT2D eigenvalue weighted by Gasteiger charge is 2.41. The topological polar surface area (TPSA) is 165 Å². The largest absolute Gasteiger partial charge is 0.491 e. The number of nitrogen functional groups attached to an aromatic ring is 1. The van der Waals surface area contributed by atoms with Crippen molar-refractivity contribution in [2.45, 2.75) is 26.1 Å². The van der Waals surface area contributed by atoms with Crippen molar-refractivity contribution >= 4 is 29.3 Å². The Labute approximate surface area is 238 Å². The van der Waals surface area contributed by atoms with Gasteiger partial charge in [0.15, 0.2) is 11.5 Å². The number of hydrogen-bond donors (Lipinski definition) is 5. The third kappa shape index (κ3) is 8.36. The van der Waals surface area contributed by atoms with Gasteiger partial charge < -0.3 is 25.3 Å². The van der Waals surface area contributed by atoms with Gasteiger partial charge in [0.25, 0.3) is 11.8 Å². The number of hydrazine groups is 1. The van der Waals surface area contributed by atoms with Gasteiger partial charge in [-0.1, -0.05) is 6.07 Å². The van der Waals surface area contributed by atoms with E-state index in [1.807, 2.05) is 6.92 Å². The van der Waals surface area contributed by atoms with Gasteiger partial charge in [0.2, 0.25) is 0 Å². The maximum atomic E-state index is 13.3. The lowest BCUT2D eigenvalue weighted by Crippen LogP contribution is -2.45. The quantitative estimate of drug-likeness (QED) is 0.0742. The second-order valence-electron chi connectivity index (χ2n) is 8.50. The smallest absolute Gasteiger partial charge is 0.490 e. The van der Waals surface area contributed by atoms with Crippen molar-refractivity contribution in [1.82, 2.24) is 10.9 Å². The average Bonchev–Trinajstić information content (AvgIpc) is 2.95. The molecule has 1 unspecified atom stereocenters. The molecule has 0 fully saturated rings. The lowest BCUT2D eigenvalue weighted by atomic mass is 10.0. The first-order valence-corrected chi connectivity index (χ1v) is 12.5. The number of alkyl halides is 3. The van der Waals surface area contributed by atoms with Crippen LogP contribution in [0.25, 0.3) is 0 Å². The number of nitrogens with two attached hydrogens (primary N) is 1. The van der Waals surface area contributed by atoms with Crippen LogP contribution in [0.1, 0.15) is 41.4 Å². The lowest BCUT2D eigenvalue weighted by molar-refractivity contribution is -0.189. The highest BCUT2D eigenvalue weighted by atomic mass is 19.4. The number of nitrogens with one attached hydrogen (secondary N) is 4. The number of rotatable bonds is 11. The Bertz CT molecular complexity index is 1430. The van der Waals surface area contributed by atoms with Crippen LogP contribution in [0.5, 0.6) is 17.2 Å². The van der Waals surface area contributed by atoms with Gasteiger partial charge in [-0.15, -0.1) is 0 Å². The molecule has 42 heavy (non-hydrogen) atoms. The fraction of sp³-hybridized carbons (Fsp3) is 0.214. The predicted molar refractivity (Wildman–Crippen MR) is 146 cm³/mol. The van der Waals surface area contributed by atoms with E-state index in [2.05, 4.69) is 20.9 Å². The molecule has 0 spiro atoms. The highest BCUT2D eigenvalue weighted by Crippen LogP contribution is 2.32. The molecule has 14 heteroatoms. The van der Waals surface area contributed by atoms with E-state index >= 15 is 0 Å². The molecular weight excluding hydrogens is 559 g/mol. The molecule has 0 aliphatic heterocycles. The summed E-state index contributed by atoms with van der Waals surface area (Å²) in [6.45, 7) is 4.34. The summed E-state index contributed by atoms with van der Waals surface area (Å²) in [4.78, 5) is 36.9. The van der Waals surface area contributed by atoms with E-state index in [0.29, 0.717) is 41.5 Å². The molecule has 0 radical (unpaired) electrons. The van der Waals surface area contributed by atoms with Crippen LogP contribution in [-0.4, -0.2) is 43.0 Å². The Hall–Kier alpha value is -5.27. The lowest BCUT2D eigenvalue weighted by Gasteiger charge is -2.22. The third-order valence-corrected chi connectivity index (χ3v) is 5.53. The molecule has 0 aromatic heterocycles. The molecule has 0 saturated heterocycles. The molecule has 3 aromatic rings. The molecule has 11 nitrogen and oxygen atoms in total. The Morgan fingerprint density at radius 3 is 2.02 bits per heavy atom. The fourth-order valence-electron chi connectivity index (χ4n) is 3.56. The predicted octanol–water partition coefficient (Wildman–Crippen LogP) is 3.85. The van der Waals surface area contributed by atoms with E-state index in [0.717, 1.165) is 24.3 Å². The minimum atomic E-state index is -5.17.